The van der Waals surface area contributed by atoms with Crippen molar-refractivity contribution in [1.29, 1.82) is 0 Å². The first-order valence-corrected chi connectivity index (χ1v) is 8.41. The molecule has 0 aromatic heterocycles. The zero-order chi connectivity index (χ0) is 16.9. The van der Waals surface area contributed by atoms with Crippen molar-refractivity contribution in [2.24, 2.45) is 0 Å². The fourth-order valence-electron chi connectivity index (χ4n) is 3.14. The number of nitrogens with zero attached hydrogens (tertiary/aromatic N) is 1. The van der Waals surface area contributed by atoms with E-state index in [9.17, 15) is 9.90 Å². The molecule has 5 heteroatoms. The molecule has 0 spiro atoms. The van der Waals surface area contributed by atoms with Gasteiger partial charge in [-0.1, -0.05) is 36.4 Å². The molecule has 2 N–H and O–H groups in total. The van der Waals surface area contributed by atoms with Crippen LogP contribution in [0.15, 0.2) is 42.5 Å². The highest BCUT2D eigenvalue weighted by molar-refractivity contribution is 5.83. The van der Waals surface area contributed by atoms with Crippen LogP contribution in [-0.2, 0) is 11.3 Å². The van der Waals surface area contributed by atoms with E-state index in [1.165, 1.54) is 10.8 Å². The molecule has 5 nitrogen and oxygen atoms in total. The molecule has 24 heavy (non-hydrogen) atoms. The number of hydrogen-bond acceptors (Lipinski definition) is 3. The maximum atomic E-state index is 12.5. The first-order valence-electron chi connectivity index (χ1n) is 8.41. The molecular weight excluding hydrogens is 304 g/mol. The second-order valence-corrected chi connectivity index (χ2v) is 6.35. The van der Waals surface area contributed by atoms with Gasteiger partial charge in [0.05, 0.1) is 25.4 Å². The zero-order valence-electron chi connectivity index (χ0n) is 13.9. The highest BCUT2D eigenvalue weighted by atomic mass is 16.5. The van der Waals surface area contributed by atoms with Crippen LogP contribution in [0.5, 0.6) is 0 Å². The van der Waals surface area contributed by atoms with Gasteiger partial charge in [-0.25, -0.2) is 4.79 Å². The maximum Gasteiger partial charge on any atom is 0.318 e. The van der Waals surface area contributed by atoms with Crippen molar-refractivity contribution in [2.45, 2.75) is 32.0 Å². The summed E-state index contributed by atoms with van der Waals surface area (Å²) < 4.78 is 5.44. The molecule has 0 aliphatic carbocycles. The Morgan fingerprint density at radius 3 is 2.92 bits per heavy atom. The summed E-state index contributed by atoms with van der Waals surface area (Å²) in [4.78, 5) is 14.3. The smallest absolute Gasteiger partial charge is 0.318 e. The van der Waals surface area contributed by atoms with Crippen LogP contribution in [0.4, 0.5) is 4.79 Å². The summed E-state index contributed by atoms with van der Waals surface area (Å²) in [6.07, 6.45) is 0.0797. The molecule has 1 fully saturated rings. The van der Waals surface area contributed by atoms with Crippen LogP contribution in [0.1, 0.15) is 18.9 Å². The number of fused-ring (bicyclic) bond motifs is 1. The minimum absolute atomic E-state index is 0.0737. The molecule has 1 heterocycles. The summed E-state index contributed by atoms with van der Waals surface area (Å²) in [7, 11) is 0. The first-order chi connectivity index (χ1) is 11.6. The fraction of sp³-hybridized carbons (Fsp3) is 0.421. The lowest BCUT2D eigenvalue weighted by atomic mass is 10.1. The number of rotatable bonds is 4. The number of carbonyl (C=O) groups excluding carboxylic acids is 1. The van der Waals surface area contributed by atoms with Gasteiger partial charge >= 0.3 is 6.03 Å². The lowest BCUT2D eigenvalue weighted by Gasteiger charge is -2.36. The monoisotopic (exact) mass is 328 g/mol. The first kappa shape index (κ1) is 16.7. The second-order valence-electron chi connectivity index (χ2n) is 6.35. The van der Waals surface area contributed by atoms with E-state index in [4.69, 9.17) is 4.74 Å². The Kier molecular flexibility index (Phi) is 5.33. The van der Waals surface area contributed by atoms with Gasteiger partial charge in [0, 0.05) is 13.1 Å². The quantitative estimate of drug-likeness (QED) is 0.906. The van der Waals surface area contributed by atoms with Gasteiger partial charge in [-0.3, -0.25) is 0 Å². The van der Waals surface area contributed by atoms with Crippen LogP contribution in [0.3, 0.4) is 0 Å². The summed E-state index contributed by atoms with van der Waals surface area (Å²) in [6, 6.07) is 14.2. The summed E-state index contributed by atoms with van der Waals surface area (Å²) in [5.41, 5.74) is 1.07. The molecule has 2 aromatic rings. The Balaban J connectivity index is 1.62. The molecule has 0 radical (unpaired) electrons. The van der Waals surface area contributed by atoms with Crippen molar-refractivity contribution >= 4 is 16.8 Å². The van der Waals surface area contributed by atoms with E-state index in [0.29, 0.717) is 32.7 Å². The summed E-state index contributed by atoms with van der Waals surface area (Å²) in [6.45, 7) is 3.80. The average Bonchev–Trinajstić information content (AvgIpc) is 2.59. The zero-order valence-corrected chi connectivity index (χ0v) is 13.9. The van der Waals surface area contributed by atoms with E-state index >= 15 is 0 Å². The third kappa shape index (κ3) is 4.04. The lowest BCUT2D eigenvalue weighted by molar-refractivity contribution is -0.00437. The molecule has 3 rings (SSSR count). The number of aliphatic hydroxyl groups excluding tert-OH is 1. The molecule has 1 aliphatic heterocycles. The molecular formula is C19H24N2O3. The van der Waals surface area contributed by atoms with Crippen molar-refractivity contribution in [2.75, 3.05) is 19.8 Å². The van der Waals surface area contributed by atoms with E-state index < -0.39 is 6.10 Å². The minimum atomic E-state index is -0.451. The van der Waals surface area contributed by atoms with Crippen LogP contribution in [0.25, 0.3) is 10.8 Å². The van der Waals surface area contributed by atoms with Gasteiger partial charge in [0.1, 0.15) is 0 Å². The molecule has 2 aromatic carbocycles. The van der Waals surface area contributed by atoms with E-state index in [1.807, 2.05) is 18.2 Å². The maximum absolute atomic E-state index is 12.5. The SMILES string of the molecule is C[C@H](O)C[C@@H]1COCCN1C(=O)NCc1ccc2ccccc2c1. The third-order valence-electron chi connectivity index (χ3n) is 4.36. The average molecular weight is 328 g/mol. The van der Waals surface area contributed by atoms with Gasteiger partial charge in [-0.2, -0.15) is 0 Å². The highest BCUT2D eigenvalue weighted by Crippen LogP contribution is 2.16. The Morgan fingerprint density at radius 1 is 1.33 bits per heavy atom. The van der Waals surface area contributed by atoms with Crippen LogP contribution < -0.4 is 5.32 Å². The van der Waals surface area contributed by atoms with Crippen LogP contribution >= 0.6 is 0 Å². The van der Waals surface area contributed by atoms with Gasteiger partial charge in [-0.15, -0.1) is 0 Å². The highest BCUT2D eigenvalue weighted by Gasteiger charge is 2.28. The Bertz CT molecular complexity index is 702. The molecule has 2 amide bonds. The molecule has 0 bridgehead atoms. The van der Waals surface area contributed by atoms with Crippen molar-refractivity contribution in [1.82, 2.24) is 10.2 Å². The van der Waals surface area contributed by atoms with E-state index in [2.05, 4.69) is 29.6 Å². The van der Waals surface area contributed by atoms with Gasteiger partial charge in [0.15, 0.2) is 0 Å². The summed E-state index contributed by atoms with van der Waals surface area (Å²) in [5, 5.41) is 14.9. The lowest BCUT2D eigenvalue weighted by Crippen LogP contribution is -2.53. The summed E-state index contributed by atoms with van der Waals surface area (Å²) >= 11 is 0. The number of ether oxygens (including phenoxy) is 1. The number of hydrogen-bond donors (Lipinski definition) is 2. The van der Waals surface area contributed by atoms with Gasteiger partial charge in [0.2, 0.25) is 0 Å². The topological polar surface area (TPSA) is 61.8 Å². The Morgan fingerprint density at radius 2 is 2.12 bits per heavy atom. The number of aliphatic hydroxyl groups is 1. The van der Waals surface area contributed by atoms with Crippen molar-refractivity contribution in [3.05, 3.63) is 48.0 Å². The van der Waals surface area contributed by atoms with E-state index in [0.717, 1.165) is 5.56 Å². The van der Waals surface area contributed by atoms with Gasteiger partial charge < -0.3 is 20.1 Å². The van der Waals surface area contributed by atoms with Crippen LogP contribution in [0, 0.1) is 0 Å². The van der Waals surface area contributed by atoms with Crippen molar-refractivity contribution in [3.8, 4) is 0 Å². The van der Waals surface area contributed by atoms with Crippen molar-refractivity contribution in [3.63, 3.8) is 0 Å². The molecule has 128 valence electrons. The van der Waals surface area contributed by atoms with Crippen molar-refractivity contribution < 1.29 is 14.6 Å². The number of benzene rings is 2. The number of carbonyl (C=O) groups is 1. The predicted molar refractivity (Wildman–Crippen MR) is 93.8 cm³/mol. The van der Waals surface area contributed by atoms with Gasteiger partial charge in [0.25, 0.3) is 0 Å². The Hall–Kier alpha value is -2.11. The molecule has 0 unspecified atom stereocenters. The normalized spacial score (nSPS) is 19.2. The molecule has 1 aliphatic rings. The molecule has 1 saturated heterocycles. The number of urea groups is 1. The van der Waals surface area contributed by atoms with Crippen LogP contribution in [0.2, 0.25) is 0 Å². The third-order valence-corrected chi connectivity index (χ3v) is 4.36. The predicted octanol–water partition coefficient (Wildman–Crippen LogP) is 2.52. The standard InChI is InChI=1S/C19H24N2O3/c1-14(22)10-18-13-24-9-8-21(18)19(23)20-12-15-6-7-16-4-2-3-5-17(16)11-15/h2-7,11,14,18,22H,8-10,12-13H2,1H3,(H,20,23)/t14-,18+/m0/s1. The Labute approximate surface area is 142 Å². The fourth-order valence-corrected chi connectivity index (χ4v) is 3.14. The minimum Gasteiger partial charge on any atom is -0.393 e. The number of nitrogens with one attached hydrogen (secondary N) is 1. The second kappa shape index (κ2) is 7.64. The van der Waals surface area contributed by atoms with Gasteiger partial charge in [-0.05, 0) is 35.7 Å². The van der Waals surface area contributed by atoms with Crippen LogP contribution in [-0.4, -0.2) is 47.9 Å². The summed E-state index contributed by atoms with van der Waals surface area (Å²) in [5.74, 6) is 0. The largest absolute Gasteiger partial charge is 0.393 e. The molecule has 0 saturated carbocycles. The number of morpholine rings is 1. The van der Waals surface area contributed by atoms with E-state index in [-0.39, 0.29) is 12.1 Å². The van der Waals surface area contributed by atoms with E-state index in [1.54, 1.807) is 11.8 Å². The molecule has 2 atom stereocenters. The number of amides is 2.